The van der Waals surface area contributed by atoms with Gasteiger partial charge >= 0.3 is 0 Å². The van der Waals surface area contributed by atoms with Gasteiger partial charge in [0.15, 0.2) is 5.13 Å². The minimum absolute atomic E-state index is 0.0333. The van der Waals surface area contributed by atoms with Crippen molar-refractivity contribution in [1.29, 1.82) is 5.26 Å². The predicted molar refractivity (Wildman–Crippen MR) is 208 cm³/mol. The number of hydrazine groups is 1. The molecule has 1 aliphatic heterocycles. The quantitative estimate of drug-likeness (QED) is 0.101. The van der Waals surface area contributed by atoms with E-state index in [2.05, 4.69) is 32.6 Å². The van der Waals surface area contributed by atoms with Crippen molar-refractivity contribution in [2.75, 3.05) is 18.0 Å². The van der Waals surface area contributed by atoms with Crippen molar-refractivity contribution < 1.29 is 19.2 Å². The lowest BCUT2D eigenvalue weighted by atomic mass is 9.95. The number of thiazole rings is 1. The average Bonchev–Trinajstić information content (AvgIpc) is 3.58. The molecule has 2 unspecified atom stereocenters. The lowest BCUT2D eigenvalue weighted by Crippen LogP contribution is -2.57. The highest BCUT2D eigenvalue weighted by atomic mass is 32.1. The van der Waals surface area contributed by atoms with E-state index in [4.69, 9.17) is 4.98 Å². The van der Waals surface area contributed by atoms with Crippen LogP contribution in [-0.4, -0.2) is 51.7 Å². The molecule has 2 aromatic carbocycles. The van der Waals surface area contributed by atoms with Crippen LogP contribution < -0.4 is 4.90 Å². The average molecular weight is 722 g/mol. The standard InChI is InChI=1S/C42H51N5O4S/c1-7-11-19-31(9-3)27-45(28-32(10-4)20-12-8-2)42-44-38(33-21-15-13-16-22-33)37(52-42)25-35-29(5)36(26-43)41(51)47(40(35)50)46(30(6)48)39(49)34-23-17-14-18-24-34/h13-18,21-25,31-32H,7-12,19-20,27-28H2,1-6H3/b35-25-. The zero-order chi connectivity index (χ0) is 37.8. The summed E-state index contributed by atoms with van der Waals surface area (Å²) in [5.41, 5.74) is 1.52. The summed E-state index contributed by atoms with van der Waals surface area (Å²) in [5, 5.41) is 12.0. The van der Waals surface area contributed by atoms with Crippen LogP contribution in [0.4, 0.5) is 5.13 Å². The Morgan fingerprint density at radius 3 is 1.94 bits per heavy atom. The van der Waals surface area contributed by atoms with Crippen molar-refractivity contribution in [1.82, 2.24) is 15.0 Å². The second-order valence-corrected chi connectivity index (χ2v) is 14.4. The van der Waals surface area contributed by atoms with Gasteiger partial charge in [-0.1, -0.05) is 126 Å². The van der Waals surface area contributed by atoms with Crippen LogP contribution in [0, 0.1) is 23.2 Å². The number of rotatable bonds is 17. The van der Waals surface area contributed by atoms with Crippen LogP contribution in [0.1, 0.15) is 108 Å². The molecule has 0 bridgehead atoms. The molecule has 4 amide bonds. The van der Waals surface area contributed by atoms with E-state index < -0.39 is 23.6 Å². The summed E-state index contributed by atoms with van der Waals surface area (Å²) >= 11 is 1.47. The topological polar surface area (TPSA) is 115 Å². The summed E-state index contributed by atoms with van der Waals surface area (Å²) in [7, 11) is 0. The molecular weight excluding hydrogens is 671 g/mol. The Balaban J connectivity index is 1.89. The molecule has 3 aromatic rings. The normalized spacial score (nSPS) is 15.1. The van der Waals surface area contributed by atoms with Gasteiger partial charge in [-0.25, -0.2) is 4.98 Å². The van der Waals surface area contributed by atoms with Crippen LogP contribution in [-0.2, 0) is 14.4 Å². The Bertz CT molecular complexity index is 1810. The maximum atomic E-state index is 14.4. The fourth-order valence-electron chi connectivity index (χ4n) is 6.50. The largest absolute Gasteiger partial charge is 0.348 e. The molecule has 52 heavy (non-hydrogen) atoms. The Morgan fingerprint density at radius 1 is 0.885 bits per heavy atom. The first-order valence-corrected chi connectivity index (χ1v) is 19.3. The third kappa shape index (κ3) is 9.31. The van der Waals surface area contributed by atoms with Crippen molar-refractivity contribution in [3.63, 3.8) is 0 Å². The minimum Gasteiger partial charge on any atom is -0.348 e. The Labute approximate surface area is 312 Å². The van der Waals surface area contributed by atoms with E-state index in [1.54, 1.807) is 31.2 Å². The maximum absolute atomic E-state index is 14.4. The molecule has 274 valence electrons. The molecule has 0 N–H and O–H groups in total. The molecule has 2 atom stereocenters. The number of nitriles is 1. The zero-order valence-electron chi connectivity index (χ0n) is 31.4. The fourth-order valence-corrected chi connectivity index (χ4v) is 7.55. The molecule has 9 nitrogen and oxygen atoms in total. The van der Waals surface area contributed by atoms with Gasteiger partial charge in [-0.3, -0.25) is 19.2 Å². The molecule has 10 heteroatoms. The molecule has 0 spiro atoms. The number of nitrogens with zero attached hydrogens (tertiary/aromatic N) is 5. The first-order chi connectivity index (χ1) is 25.1. The Morgan fingerprint density at radius 2 is 1.44 bits per heavy atom. The summed E-state index contributed by atoms with van der Waals surface area (Å²) in [6.07, 6.45) is 10.7. The summed E-state index contributed by atoms with van der Waals surface area (Å²) in [4.78, 5) is 63.0. The molecule has 4 rings (SSSR count). The zero-order valence-corrected chi connectivity index (χ0v) is 32.2. The van der Waals surface area contributed by atoms with Gasteiger partial charge in [-0.05, 0) is 55.4 Å². The number of carbonyl (C=O) groups is 4. The van der Waals surface area contributed by atoms with Crippen LogP contribution >= 0.6 is 11.3 Å². The van der Waals surface area contributed by atoms with E-state index in [-0.39, 0.29) is 22.3 Å². The van der Waals surface area contributed by atoms with Crippen LogP contribution in [0.15, 0.2) is 77.4 Å². The van der Waals surface area contributed by atoms with Gasteiger partial charge in [0.2, 0.25) is 5.91 Å². The lowest BCUT2D eigenvalue weighted by molar-refractivity contribution is -0.163. The number of carbonyl (C=O) groups excluding carboxylic acids is 4. The SMILES string of the molecule is CCCCC(CC)CN(CC(CC)CCCC)c1nc(-c2ccccc2)c(/C=C2\C(=O)N(N(C(C)=O)C(=O)c3ccccc3)C(=O)C(C#N)=C2C)s1. The second kappa shape index (κ2) is 19.1. The predicted octanol–water partition coefficient (Wildman–Crippen LogP) is 9.25. The van der Waals surface area contributed by atoms with E-state index in [0.717, 1.165) is 82.1 Å². The molecule has 0 saturated carbocycles. The number of hydrogen-bond donors (Lipinski definition) is 0. The Kier molecular flexibility index (Phi) is 14.7. The van der Waals surface area contributed by atoms with E-state index >= 15 is 0 Å². The number of benzene rings is 2. The highest BCUT2D eigenvalue weighted by Gasteiger charge is 2.43. The highest BCUT2D eigenvalue weighted by Crippen LogP contribution is 2.38. The summed E-state index contributed by atoms with van der Waals surface area (Å²) in [5.74, 6) is -2.60. The highest BCUT2D eigenvalue weighted by molar-refractivity contribution is 7.17. The van der Waals surface area contributed by atoms with Crippen molar-refractivity contribution in [2.45, 2.75) is 92.9 Å². The molecule has 0 radical (unpaired) electrons. The first kappa shape index (κ1) is 39.9. The van der Waals surface area contributed by atoms with Crippen molar-refractivity contribution in [3.05, 3.63) is 87.8 Å². The molecule has 0 fully saturated rings. The van der Waals surface area contributed by atoms with Crippen molar-refractivity contribution in [2.24, 2.45) is 11.8 Å². The van der Waals surface area contributed by atoms with Gasteiger partial charge in [0.1, 0.15) is 11.6 Å². The number of unbranched alkanes of at least 4 members (excludes halogenated alkanes) is 2. The van der Waals surface area contributed by atoms with Crippen LogP contribution in [0.5, 0.6) is 0 Å². The number of amides is 4. The summed E-state index contributed by atoms with van der Waals surface area (Å²) < 4.78 is 0. The monoisotopic (exact) mass is 721 g/mol. The van der Waals surface area contributed by atoms with Crippen LogP contribution in [0.3, 0.4) is 0 Å². The molecule has 2 heterocycles. The number of anilines is 1. The van der Waals surface area contributed by atoms with Gasteiger partial charge in [0.05, 0.1) is 10.6 Å². The third-order valence-corrected chi connectivity index (χ3v) is 10.8. The molecule has 1 aliphatic rings. The number of imide groups is 2. The molecule has 1 aromatic heterocycles. The van der Waals surface area contributed by atoms with Gasteiger partial charge in [-0.2, -0.15) is 15.3 Å². The fraction of sp³-hybridized carbons (Fsp3) is 0.429. The molecular formula is C42H51N5O4S. The van der Waals surface area contributed by atoms with Crippen LogP contribution in [0.2, 0.25) is 0 Å². The minimum atomic E-state index is -1.03. The number of aromatic nitrogens is 1. The van der Waals surface area contributed by atoms with Gasteiger partial charge in [-0.15, -0.1) is 0 Å². The van der Waals surface area contributed by atoms with E-state index in [0.29, 0.717) is 32.4 Å². The first-order valence-electron chi connectivity index (χ1n) is 18.5. The molecule has 0 saturated heterocycles. The third-order valence-electron chi connectivity index (χ3n) is 9.71. The molecule has 0 aliphatic carbocycles. The van der Waals surface area contributed by atoms with E-state index in [9.17, 15) is 24.4 Å². The van der Waals surface area contributed by atoms with Gasteiger partial charge < -0.3 is 4.90 Å². The maximum Gasteiger partial charge on any atom is 0.291 e. The van der Waals surface area contributed by atoms with Crippen molar-refractivity contribution >= 4 is 46.2 Å². The summed E-state index contributed by atoms with van der Waals surface area (Å²) in [6.45, 7) is 13.3. The van der Waals surface area contributed by atoms with Crippen molar-refractivity contribution in [3.8, 4) is 17.3 Å². The van der Waals surface area contributed by atoms with Gasteiger partial charge in [0.25, 0.3) is 17.7 Å². The van der Waals surface area contributed by atoms with Crippen LogP contribution in [0.25, 0.3) is 17.3 Å². The summed E-state index contributed by atoms with van der Waals surface area (Å²) in [6, 6.07) is 19.6. The lowest BCUT2D eigenvalue weighted by Gasteiger charge is -2.34. The van der Waals surface area contributed by atoms with Gasteiger partial charge in [0, 0.05) is 36.7 Å². The number of hydrogen-bond acceptors (Lipinski definition) is 8. The van der Waals surface area contributed by atoms with E-state index in [1.165, 1.54) is 23.5 Å². The second-order valence-electron chi connectivity index (χ2n) is 13.4. The van der Waals surface area contributed by atoms with E-state index in [1.807, 2.05) is 36.4 Å². The Hall–Kier alpha value is -4.88. The smallest absolute Gasteiger partial charge is 0.291 e.